The van der Waals surface area contributed by atoms with Crippen LogP contribution in [0.15, 0.2) is 54.6 Å². The molecule has 0 spiro atoms. The molecule has 0 unspecified atom stereocenters. The summed E-state index contributed by atoms with van der Waals surface area (Å²) < 4.78 is 0. The fraction of sp³-hybridized carbons (Fsp3) is 0.0476. The van der Waals surface area contributed by atoms with Crippen LogP contribution in [0, 0.1) is 0 Å². The van der Waals surface area contributed by atoms with Gasteiger partial charge in [0.25, 0.3) is 11.8 Å². The number of hydrogen-bond acceptors (Lipinski definition) is 4. The zero-order valence-electron chi connectivity index (χ0n) is 14.7. The fourth-order valence-corrected chi connectivity index (χ4v) is 3.30. The number of amides is 3. The molecule has 0 atom stereocenters. The standard InChI is InChI=1S/C21H14N2O5/c1-11(24)22-17-9-12-4-2-3-5-13(12)10-18(17)23-19(25)15-7-6-14(21(27)28)8-16(15)20(23)26/h2-10H,1H3,(H,22,24)(H,27,28). The molecule has 3 aromatic rings. The average Bonchev–Trinajstić information content (AvgIpc) is 2.91. The average molecular weight is 374 g/mol. The summed E-state index contributed by atoms with van der Waals surface area (Å²) in [4.78, 5) is 49.7. The van der Waals surface area contributed by atoms with Crippen molar-refractivity contribution in [3.8, 4) is 0 Å². The molecule has 0 aromatic heterocycles. The number of rotatable bonds is 3. The minimum Gasteiger partial charge on any atom is -0.478 e. The largest absolute Gasteiger partial charge is 0.478 e. The van der Waals surface area contributed by atoms with Crippen molar-refractivity contribution in [2.24, 2.45) is 0 Å². The summed E-state index contributed by atoms with van der Waals surface area (Å²) in [6.07, 6.45) is 0. The fourth-order valence-electron chi connectivity index (χ4n) is 3.30. The molecule has 0 fully saturated rings. The SMILES string of the molecule is CC(=O)Nc1cc2ccccc2cc1N1C(=O)c2ccc(C(=O)O)cc2C1=O. The lowest BCUT2D eigenvalue weighted by Gasteiger charge is -2.19. The first-order valence-electron chi connectivity index (χ1n) is 8.43. The molecule has 1 aliphatic heterocycles. The molecule has 0 saturated carbocycles. The number of benzene rings is 3. The van der Waals surface area contributed by atoms with Gasteiger partial charge in [0.1, 0.15) is 0 Å². The number of aromatic carboxylic acids is 1. The van der Waals surface area contributed by atoms with Gasteiger partial charge in [0, 0.05) is 6.92 Å². The smallest absolute Gasteiger partial charge is 0.335 e. The maximum atomic E-state index is 13.0. The third kappa shape index (κ3) is 2.69. The molecule has 3 aromatic carbocycles. The number of anilines is 2. The molecule has 7 nitrogen and oxygen atoms in total. The Kier molecular flexibility index (Phi) is 3.93. The summed E-state index contributed by atoms with van der Waals surface area (Å²) in [7, 11) is 0. The lowest BCUT2D eigenvalue weighted by molar-refractivity contribution is -0.114. The van der Waals surface area contributed by atoms with Crippen molar-refractivity contribution < 1.29 is 24.3 Å². The van der Waals surface area contributed by atoms with Crippen LogP contribution < -0.4 is 10.2 Å². The summed E-state index contributed by atoms with van der Waals surface area (Å²) in [5.74, 6) is -2.74. The zero-order valence-corrected chi connectivity index (χ0v) is 14.7. The van der Waals surface area contributed by atoms with Crippen LogP contribution in [0.1, 0.15) is 38.0 Å². The minimum atomic E-state index is -1.19. The van der Waals surface area contributed by atoms with Crippen LogP contribution in [0.3, 0.4) is 0 Å². The summed E-state index contributed by atoms with van der Waals surface area (Å²) in [5.41, 5.74) is 0.613. The number of nitrogens with one attached hydrogen (secondary N) is 1. The van der Waals surface area contributed by atoms with E-state index in [9.17, 15) is 19.2 Å². The van der Waals surface area contributed by atoms with Gasteiger partial charge in [-0.2, -0.15) is 0 Å². The van der Waals surface area contributed by atoms with E-state index in [2.05, 4.69) is 5.32 Å². The molecule has 3 amide bonds. The van der Waals surface area contributed by atoms with E-state index in [0.29, 0.717) is 5.69 Å². The molecule has 0 radical (unpaired) electrons. The lowest BCUT2D eigenvalue weighted by atomic mass is 10.1. The van der Waals surface area contributed by atoms with Gasteiger partial charge in [-0.05, 0) is 41.1 Å². The van der Waals surface area contributed by atoms with E-state index in [0.717, 1.165) is 15.7 Å². The van der Waals surface area contributed by atoms with Crippen molar-refractivity contribution in [1.82, 2.24) is 0 Å². The second-order valence-electron chi connectivity index (χ2n) is 6.41. The zero-order chi connectivity index (χ0) is 20.0. The van der Waals surface area contributed by atoms with E-state index < -0.39 is 17.8 Å². The van der Waals surface area contributed by atoms with Crippen LogP contribution >= 0.6 is 0 Å². The topological polar surface area (TPSA) is 104 Å². The predicted molar refractivity (Wildman–Crippen MR) is 103 cm³/mol. The molecule has 2 N–H and O–H groups in total. The van der Waals surface area contributed by atoms with E-state index in [1.165, 1.54) is 25.1 Å². The van der Waals surface area contributed by atoms with Gasteiger partial charge in [-0.1, -0.05) is 24.3 Å². The molecule has 1 aliphatic rings. The van der Waals surface area contributed by atoms with Crippen molar-refractivity contribution in [2.45, 2.75) is 6.92 Å². The molecule has 7 heteroatoms. The highest BCUT2D eigenvalue weighted by Crippen LogP contribution is 2.36. The minimum absolute atomic E-state index is 0.0202. The number of fused-ring (bicyclic) bond motifs is 2. The Morgan fingerprint density at radius 2 is 1.54 bits per heavy atom. The Hall–Kier alpha value is -4.00. The third-order valence-electron chi connectivity index (χ3n) is 4.55. The number of nitrogens with zero attached hydrogens (tertiary/aromatic N) is 1. The number of carboxylic acids is 1. The summed E-state index contributed by atoms with van der Waals surface area (Å²) in [6.45, 7) is 1.33. The summed E-state index contributed by atoms with van der Waals surface area (Å²) >= 11 is 0. The number of carbonyl (C=O) groups is 4. The summed E-state index contributed by atoms with van der Waals surface area (Å²) in [6, 6.07) is 14.5. The van der Waals surface area contributed by atoms with Gasteiger partial charge >= 0.3 is 5.97 Å². The maximum Gasteiger partial charge on any atom is 0.335 e. The highest BCUT2D eigenvalue weighted by Gasteiger charge is 2.38. The number of carbonyl (C=O) groups excluding carboxylic acids is 3. The highest BCUT2D eigenvalue weighted by molar-refractivity contribution is 6.36. The van der Waals surface area contributed by atoms with Gasteiger partial charge in [0.05, 0.1) is 28.1 Å². The maximum absolute atomic E-state index is 13.0. The Morgan fingerprint density at radius 1 is 0.893 bits per heavy atom. The second-order valence-corrected chi connectivity index (χ2v) is 6.41. The molecule has 1 heterocycles. The number of carboxylic acid groups (broad SMARTS) is 1. The quantitative estimate of drug-likeness (QED) is 0.685. The molecule has 0 aliphatic carbocycles. The van der Waals surface area contributed by atoms with Crippen molar-refractivity contribution in [2.75, 3.05) is 10.2 Å². The van der Waals surface area contributed by atoms with Crippen LogP contribution in [-0.2, 0) is 4.79 Å². The normalized spacial score (nSPS) is 13.0. The number of imide groups is 1. The first-order valence-corrected chi connectivity index (χ1v) is 8.43. The molecule has 4 rings (SSSR count). The molecule has 0 bridgehead atoms. The third-order valence-corrected chi connectivity index (χ3v) is 4.55. The van der Waals surface area contributed by atoms with Crippen molar-refractivity contribution in [3.63, 3.8) is 0 Å². The van der Waals surface area contributed by atoms with E-state index >= 15 is 0 Å². The van der Waals surface area contributed by atoms with Gasteiger partial charge in [0.2, 0.25) is 5.91 Å². The van der Waals surface area contributed by atoms with Crippen LogP contribution in [0.2, 0.25) is 0 Å². The van der Waals surface area contributed by atoms with E-state index in [1.54, 1.807) is 12.1 Å². The van der Waals surface area contributed by atoms with Gasteiger partial charge in [-0.15, -0.1) is 0 Å². The molecule has 28 heavy (non-hydrogen) atoms. The second kappa shape index (κ2) is 6.31. The Balaban J connectivity index is 1.89. The Labute approximate surface area is 159 Å². The van der Waals surface area contributed by atoms with Crippen molar-refractivity contribution in [3.05, 3.63) is 71.3 Å². The Bertz CT molecular complexity index is 1200. The molecule has 138 valence electrons. The van der Waals surface area contributed by atoms with Crippen molar-refractivity contribution in [1.29, 1.82) is 0 Å². The molecular formula is C21H14N2O5. The van der Waals surface area contributed by atoms with E-state index in [1.807, 2.05) is 24.3 Å². The molecule has 0 saturated heterocycles. The van der Waals surface area contributed by atoms with Gasteiger partial charge in [0.15, 0.2) is 0 Å². The first-order chi connectivity index (χ1) is 13.4. The Morgan fingerprint density at radius 3 is 2.18 bits per heavy atom. The van der Waals surface area contributed by atoms with Gasteiger partial charge in [-0.25, -0.2) is 9.69 Å². The van der Waals surface area contributed by atoms with Crippen LogP contribution in [0.4, 0.5) is 11.4 Å². The highest BCUT2D eigenvalue weighted by atomic mass is 16.4. The van der Waals surface area contributed by atoms with Crippen LogP contribution in [0.5, 0.6) is 0 Å². The van der Waals surface area contributed by atoms with Crippen LogP contribution in [-0.4, -0.2) is 28.8 Å². The van der Waals surface area contributed by atoms with Crippen LogP contribution in [0.25, 0.3) is 10.8 Å². The lowest BCUT2D eigenvalue weighted by Crippen LogP contribution is -2.30. The predicted octanol–water partition coefficient (Wildman–Crippen LogP) is 3.30. The van der Waals surface area contributed by atoms with E-state index in [4.69, 9.17) is 5.11 Å². The first kappa shape index (κ1) is 17.4. The van der Waals surface area contributed by atoms with E-state index in [-0.39, 0.29) is 28.3 Å². The van der Waals surface area contributed by atoms with Gasteiger partial charge < -0.3 is 10.4 Å². The summed E-state index contributed by atoms with van der Waals surface area (Å²) in [5, 5.41) is 13.4. The molecular weight excluding hydrogens is 360 g/mol. The van der Waals surface area contributed by atoms with Gasteiger partial charge in [-0.3, -0.25) is 14.4 Å². The number of hydrogen-bond donors (Lipinski definition) is 2. The monoisotopic (exact) mass is 374 g/mol. The van der Waals surface area contributed by atoms with Crippen molar-refractivity contribution >= 4 is 45.8 Å².